The Bertz CT molecular complexity index is 1510. The zero-order valence-corrected chi connectivity index (χ0v) is 21.8. The summed E-state index contributed by atoms with van der Waals surface area (Å²) in [6.45, 7) is 6.40. The first kappa shape index (κ1) is 24.5. The fourth-order valence-electron chi connectivity index (χ4n) is 4.33. The number of aryl methyl sites for hydroxylation is 3. The van der Waals surface area contributed by atoms with Gasteiger partial charge in [0.2, 0.25) is 21.1 Å². The van der Waals surface area contributed by atoms with Crippen LogP contribution < -0.4 is 5.32 Å². The zero-order valence-electron chi connectivity index (χ0n) is 20.2. The van der Waals surface area contributed by atoms with Crippen molar-refractivity contribution < 1.29 is 17.6 Å². The van der Waals surface area contributed by atoms with Gasteiger partial charge in [-0.3, -0.25) is 4.79 Å². The second-order valence-corrected chi connectivity index (χ2v) is 12.1. The summed E-state index contributed by atoms with van der Waals surface area (Å²) in [5.41, 5.74) is 3.99. The van der Waals surface area contributed by atoms with Crippen LogP contribution in [0.4, 0.5) is 10.2 Å². The van der Waals surface area contributed by atoms with E-state index in [2.05, 4.69) is 23.4 Å². The Labute approximate surface area is 212 Å². The molecule has 0 radical (unpaired) electrons. The minimum atomic E-state index is -3.73. The molecule has 8 nitrogen and oxygen atoms in total. The lowest BCUT2D eigenvalue weighted by atomic mass is 9.97. The van der Waals surface area contributed by atoms with Crippen LogP contribution in [0.3, 0.4) is 0 Å². The molecule has 36 heavy (non-hydrogen) atoms. The van der Waals surface area contributed by atoms with Gasteiger partial charge in [0.1, 0.15) is 11.6 Å². The standard InChI is InChI=1S/C25H26FN5O3S2/c1-15-12-21-22(13-16(15)2)35-25(27-21)31-23(14-17(3)29-31)28-24(32)18-8-10-30(11-9-18)36(33,34)20-6-4-19(26)5-7-20/h4-7,12-14,18H,8-11H2,1-3H3,(H,28,32). The summed E-state index contributed by atoms with van der Waals surface area (Å²) < 4.78 is 43.0. The lowest BCUT2D eigenvalue weighted by Crippen LogP contribution is -2.41. The van der Waals surface area contributed by atoms with Crippen molar-refractivity contribution >= 4 is 43.3 Å². The predicted molar refractivity (Wildman–Crippen MR) is 137 cm³/mol. The van der Waals surface area contributed by atoms with Crippen molar-refractivity contribution in [1.82, 2.24) is 19.1 Å². The van der Waals surface area contributed by atoms with Crippen LogP contribution in [0.25, 0.3) is 15.3 Å². The molecule has 0 unspecified atom stereocenters. The van der Waals surface area contributed by atoms with Gasteiger partial charge in [-0.15, -0.1) is 0 Å². The van der Waals surface area contributed by atoms with E-state index < -0.39 is 15.8 Å². The van der Waals surface area contributed by atoms with Gasteiger partial charge in [-0.2, -0.15) is 14.1 Å². The average molecular weight is 528 g/mol. The third-order valence-electron chi connectivity index (χ3n) is 6.53. The zero-order chi connectivity index (χ0) is 25.6. The van der Waals surface area contributed by atoms with Crippen molar-refractivity contribution in [2.24, 2.45) is 5.92 Å². The molecule has 11 heteroatoms. The minimum Gasteiger partial charge on any atom is -0.310 e. The molecular weight excluding hydrogens is 501 g/mol. The van der Waals surface area contributed by atoms with Gasteiger partial charge in [0, 0.05) is 25.1 Å². The number of nitrogens with zero attached hydrogens (tertiary/aromatic N) is 4. The summed E-state index contributed by atoms with van der Waals surface area (Å²) in [6.07, 6.45) is 0.776. The van der Waals surface area contributed by atoms with Gasteiger partial charge < -0.3 is 5.32 Å². The second-order valence-electron chi connectivity index (χ2n) is 9.10. The molecule has 1 N–H and O–H groups in total. The molecule has 1 fully saturated rings. The van der Waals surface area contributed by atoms with Gasteiger partial charge in [-0.25, -0.2) is 17.8 Å². The summed E-state index contributed by atoms with van der Waals surface area (Å²) in [5.74, 6) is -0.474. The number of fused-ring (bicyclic) bond motifs is 1. The monoisotopic (exact) mass is 527 g/mol. The van der Waals surface area contributed by atoms with Gasteiger partial charge in [0.05, 0.1) is 20.8 Å². The number of thiazole rings is 1. The Morgan fingerprint density at radius 3 is 2.42 bits per heavy atom. The van der Waals surface area contributed by atoms with E-state index in [0.717, 1.165) is 33.6 Å². The average Bonchev–Trinajstić information content (AvgIpc) is 3.42. The Morgan fingerprint density at radius 1 is 1.06 bits per heavy atom. The summed E-state index contributed by atoms with van der Waals surface area (Å²) in [4.78, 5) is 17.9. The molecule has 4 aromatic rings. The summed E-state index contributed by atoms with van der Waals surface area (Å²) in [6, 6.07) is 10.7. The lowest BCUT2D eigenvalue weighted by Gasteiger charge is -2.30. The van der Waals surface area contributed by atoms with E-state index in [1.165, 1.54) is 33.3 Å². The molecule has 0 spiro atoms. The summed E-state index contributed by atoms with van der Waals surface area (Å²) >= 11 is 1.51. The maximum atomic E-state index is 13.2. The lowest BCUT2D eigenvalue weighted by molar-refractivity contribution is -0.120. The van der Waals surface area contributed by atoms with Crippen LogP contribution >= 0.6 is 11.3 Å². The van der Waals surface area contributed by atoms with Crippen molar-refractivity contribution in [3.8, 4) is 5.13 Å². The van der Waals surface area contributed by atoms with Gasteiger partial charge >= 0.3 is 0 Å². The molecule has 5 rings (SSSR count). The maximum absolute atomic E-state index is 13.2. The molecule has 1 aliphatic rings. The summed E-state index contributed by atoms with van der Waals surface area (Å²) in [5, 5.41) is 8.18. The molecule has 2 aromatic carbocycles. The molecular formula is C25H26FN5O3S2. The number of anilines is 1. The normalized spacial score (nSPS) is 15.4. The predicted octanol–water partition coefficient (Wildman–Crippen LogP) is 4.59. The van der Waals surface area contributed by atoms with Crippen molar-refractivity contribution in [1.29, 1.82) is 0 Å². The van der Waals surface area contributed by atoms with Gasteiger partial charge in [-0.05, 0) is 81.1 Å². The first-order valence-electron chi connectivity index (χ1n) is 11.6. The van der Waals surface area contributed by atoms with Crippen LogP contribution in [-0.4, -0.2) is 46.5 Å². The van der Waals surface area contributed by atoms with Crippen molar-refractivity contribution in [2.75, 3.05) is 18.4 Å². The van der Waals surface area contributed by atoms with Crippen molar-refractivity contribution in [3.63, 3.8) is 0 Å². The number of sulfonamides is 1. The fraction of sp³-hybridized carbons (Fsp3) is 0.320. The molecule has 1 saturated heterocycles. The third-order valence-corrected chi connectivity index (χ3v) is 9.44. The number of benzene rings is 2. The van der Waals surface area contributed by atoms with Crippen LogP contribution in [0.2, 0.25) is 0 Å². The highest BCUT2D eigenvalue weighted by atomic mass is 32.2. The SMILES string of the molecule is Cc1cc(NC(=O)C2CCN(S(=O)(=O)c3ccc(F)cc3)CC2)n(-c2nc3cc(C)c(C)cc3s2)n1. The number of amides is 1. The Balaban J connectivity index is 1.29. The van der Waals surface area contributed by atoms with Crippen LogP contribution in [0, 0.1) is 32.5 Å². The van der Waals surface area contributed by atoms with E-state index in [0.29, 0.717) is 23.8 Å². The second kappa shape index (κ2) is 9.38. The number of halogens is 1. The van der Waals surface area contributed by atoms with E-state index in [4.69, 9.17) is 4.98 Å². The highest BCUT2D eigenvalue weighted by Gasteiger charge is 2.32. The quantitative estimate of drug-likeness (QED) is 0.410. The molecule has 1 aliphatic heterocycles. The molecule has 0 bridgehead atoms. The Morgan fingerprint density at radius 2 is 1.72 bits per heavy atom. The maximum Gasteiger partial charge on any atom is 0.243 e. The number of rotatable bonds is 5. The largest absolute Gasteiger partial charge is 0.310 e. The molecule has 0 atom stereocenters. The molecule has 0 saturated carbocycles. The number of aromatic nitrogens is 3. The van der Waals surface area contributed by atoms with E-state index in [9.17, 15) is 17.6 Å². The van der Waals surface area contributed by atoms with Crippen molar-refractivity contribution in [2.45, 2.75) is 38.5 Å². The molecule has 3 heterocycles. The number of piperidine rings is 1. The molecule has 188 valence electrons. The van der Waals surface area contributed by atoms with E-state index in [-0.39, 0.29) is 29.8 Å². The number of carbonyl (C=O) groups excluding carboxylic acids is 1. The van der Waals surface area contributed by atoms with E-state index >= 15 is 0 Å². The number of hydrogen-bond donors (Lipinski definition) is 1. The van der Waals surface area contributed by atoms with Gasteiger partial charge in [-0.1, -0.05) is 11.3 Å². The Kier molecular flexibility index (Phi) is 6.39. The third kappa shape index (κ3) is 4.65. The van der Waals surface area contributed by atoms with Crippen LogP contribution in [0.1, 0.15) is 29.7 Å². The van der Waals surface area contributed by atoms with E-state index in [1.54, 1.807) is 10.7 Å². The summed E-state index contributed by atoms with van der Waals surface area (Å²) in [7, 11) is -3.73. The first-order valence-corrected chi connectivity index (χ1v) is 13.9. The Hall–Kier alpha value is -3.15. The van der Waals surface area contributed by atoms with Gasteiger partial charge in [0.15, 0.2) is 0 Å². The van der Waals surface area contributed by atoms with Crippen LogP contribution in [0.15, 0.2) is 47.4 Å². The van der Waals surface area contributed by atoms with Crippen molar-refractivity contribution in [3.05, 3.63) is 65.1 Å². The van der Waals surface area contributed by atoms with Crippen LogP contribution in [-0.2, 0) is 14.8 Å². The highest BCUT2D eigenvalue weighted by Crippen LogP contribution is 2.30. The topological polar surface area (TPSA) is 97.2 Å². The van der Waals surface area contributed by atoms with E-state index in [1.807, 2.05) is 19.9 Å². The highest BCUT2D eigenvalue weighted by molar-refractivity contribution is 7.89. The smallest absolute Gasteiger partial charge is 0.243 e. The minimum absolute atomic E-state index is 0.0485. The first-order chi connectivity index (χ1) is 17.1. The number of carbonyl (C=O) groups is 1. The molecule has 0 aliphatic carbocycles. The number of nitrogens with one attached hydrogen (secondary N) is 1. The molecule has 1 amide bonds. The van der Waals surface area contributed by atoms with Gasteiger partial charge in [0.25, 0.3) is 0 Å². The fourth-order valence-corrected chi connectivity index (χ4v) is 6.82. The molecule has 2 aromatic heterocycles. The van der Waals surface area contributed by atoms with Crippen LogP contribution in [0.5, 0.6) is 0 Å². The number of hydrogen-bond acceptors (Lipinski definition) is 6.